The number of halogens is 1. The number of amidine groups is 1. The molecule has 3 aliphatic rings. The molecular weight excluding hydrogens is 408 g/mol. The molecule has 3 aliphatic heterocycles. The predicted molar refractivity (Wildman–Crippen MR) is 116 cm³/mol. The van der Waals surface area contributed by atoms with Gasteiger partial charge < -0.3 is 15.1 Å². The van der Waals surface area contributed by atoms with Crippen molar-refractivity contribution in [3.8, 4) is 0 Å². The normalized spacial score (nSPS) is 21.1. The van der Waals surface area contributed by atoms with Crippen LogP contribution in [-0.4, -0.2) is 46.9 Å². The van der Waals surface area contributed by atoms with E-state index in [1.54, 1.807) is 7.05 Å². The number of nitrogens with one attached hydrogen (secondary N) is 1. The van der Waals surface area contributed by atoms with E-state index in [4.69, 9.17) is 11.6 Å². The summed E-state index contributed by atoms with van der Waals surface area (Å²) in [6.45, 7) is 3.50. The lowest BCUT2D eigenvalue weighted by Crippen LogP contribution is -2.40. The summed E-state index contributed by atoms with van der Waals surface area (Å²) >= 11 is 7.59. The van der Waals surface area contributed by atoms with Gasteiger partial charge in [0.15, 0.2) is 5.17 Å². The molecule has 1 unspecified atom stereocenters. The number of carbonyl (C=O) groups is 2. The maximum atomic E-state index is 12.8. The van der Waals surface area contributed by atoms with Gasteiger partial charge in [0.05, 0.1) is 23.7 Å². The van der Waals surface area contributed by atoms with Gasteiger partial charge in [-0.15, -0.1) is 0 Å². The molecule has 1 fully saturated rings. The fourth-order valence-corrected chi connectivity index (χ4v) is 5.08. The Balaban J connectivity index is 1.71. The highest BCUT2D eigenvalue weighted by Gasteiger charge is 2.40. The van der Waals surface area contributed by atoms with Crippen LogP contribution in [0.3, 0.4) is 0 Å². The van der Waals surface area contributed by atoms with Crippen molar-refractivity contribution < 1.29 is 9.59 Å². The van der Waals surface area contributed by atoms with Gasteiger partial charge in [0.1, 0.15) is 0 Å². The van der Waals surface area contributed by atoms with Crippen LogP contribution in [0.2, 0.25) is 5.02 Å². The number of hydrogen-bond donors (Lipinski definition) is 1. The molecule has 8 heteroatoms. The largest absolute Gasteiger partial charge is 0.355 e. The third-order valence-corrected chi connectivity index (χ3v) is 6.59. The zero-order valence-corrected chi connectivity index (χ0v) is 18.0. The minimum atomic E-state index is -0.354. The second kappa shape index (κ2) is 8.24. The smallest absolute Gasteiger partial charge is 0.251 e. The number of nitrogens with zero attached hydrogens (tertiary/aromatic N) is 3. The van der Waals surface area contributed by atoms with Crippen LogP contribution in [0.4, 0.5) is 0 Å². The van der Waals surface area contributed by atoms with Gasteiger partial charge >= 0.3 is 0 Å². The molecule has 2 amide bonds. The van der Waals surface area contributed by atoms with Gasteiger partial charge in [0, 0.05) is 30.9 Å². The third kappa shape index (κ3) is 3.81. The molecule has 0 bridgehead atoms. The molecule has 0 radical (unpaired) electrons. The molecule has 0 aromatic heterocycles. The van der Waals surface area contributed by atoms with Crippen molar-refractivity contribution in [2.75, 3.05) is 20.1 Å². The first kappa shape index (κ1) is 20.0. The minimum Gasteiger partial charge on any atom is -0.355 e. The molecule has 4 rings (SSSR count). The van der Waals surface area contributed by atoms with E-state index in [2.05, 4.69) is 10.3 Å². The number of carbonyl (C=O) groups excluding carboxylic acids is 2. The molecule has 0 saturated carbocycles. The second-order valence-electron chi connectivity index (χ2n) is 7.29. The van der Waals surface area contributed by atoms with Crippen LogP contribution in [0.5, 0.6) is 0 Å². The maximum Gasteiger partial charge on any atom is 0.251 e. The van der Waals surface area contributed by atoms with Crippen molar-refractivity contribution in [3.63, 3.8) is 0 Å². The Morgan fingerprint density at radius 1 is 1.24 bits per heavy atom. The van der Waals surface area contributed by atoms with E-state index >= 15 is 0 Å². The average molecular weight is 431 g/mol. The maximum absolute atomic E-state index is 12.8. The Hall–Kier alpha value is -2.25. The van der Waals surface area contributed by atoms with E-state index in [9.17, 15) is 9.59 Å². The molecule has 1 atom stereocenters. The van der Waals surface area contributed by atoms with Gasteiger partial charge in [0.2, 0.25) is 5.91 Å². The fraction of sp³-hybridized carbons (Fsp3) is 0.381. The number of fused-ring (bicyclic) bond motifs is 1. The summed E-state index contributed by atoms with van der Waals surface area (Å²) in [4.78, 5) is 34.2. The van der Waals surface area contributed by atoms with E-state index < -0.39 is 0 Å². The second-order valence-corrected chi connectivity index (χ2v) is 8.56. The summed E-state index contributed by atoms with van der Waals surface area (Å²) in [6.07, 6.45) is 2.43. The van der Waals surface area contributed by atoms with E-state index in [1.165, 1.54) is 11.8 Å². The molecule has 152 valence electrons. The highest BCUT2D eigenvalue weighted by atomic mass is 35.5. The molecule has 0 aliphatic carbocycles. The molecular formula is C21H23ClN4O2S. The van der Waals surface area contributed by atoms with E-state index in [-0.39, 0.29) is 17.9 Å². The fourth-order valence-electron chi connectivity index (χ4n) is 3.99. The molecule has 1 aromatic carbocycles. The monoisotopic (exact) mass is 430 g/mol. The van der Waals surface area contributed by atoms with Crippen LogP contribution in [0.1, 0.15) is 37.8 Å². The number of allylic oxidation sites excluding steroid dienone is 1. The lowest BCUT2D eigenvalue weighted by Gasteiger charge is -2.36. The number of aliphatic imine (C=N–C) groups is 1. The lowest BCUT2D eigenvalue weighted by atomic mass is 9.93. The van der Waals surface area contributed by atoms with Crippen molar-refractivity contribution in [3.05, 3.63) is 57.2 Å². The highest BCUT2D eigenvalue weighted by molar-refractivity contribution is 8.16. The van der Waals surface area contributed by atoms with E-state index in [0.717, 1.165) is 42.4 Å². The molecule has 29 heavy (non-hydrogen) atoms. The Morgan fingerprint density at radius 3 is 2.59 bits per heavy atom. The van der Waals surface area contributed by atoms with Crippen LogP contribution in [0.15, 0.2) is 51.6 Å². The van der Waals surface area contributed by atoms with Gasteiger partial charge in [-0.2, -0.15) is 0 Å². The molecule has 6 nitrogen and oxygen atoms in total. The first-order valence-electron chi connectivity index (χ1n) is 9.69. The van der Waals surface area contributed by atoms with Crippen molar-refractivity contribution in [2.45, 2.75) is 32.2 Å². The van der Waals surface area contributed by atoms with Crippen molar-refractivity contribution >= 4 is 40.3 Å². The number of amides is 2. The van der Waals surface area contributed by atoms with E-state index in [0.29, 0.717) is 22.7 Å². The Morgan fingerprint density at radius 2 is 1.93 bits per heavy atom. The Bertz CT molecular complexity index is 933. The molecule has 3 heterocycles. The average Bonchev–Trinajstić information content (AvgIpc) is 3.38. The molecule has 1 aromatic rings. The van der Waals surface area contributed by atoms with Crippen molar-refractivity contribution in [1.82, 2.24) is 15.1 Å². The number of hydrogen-bond acceptors (Lipinski definition) is 5. The zero-order valence-electron chi connectivity index (χ0n) is 16.4. The quantitative estimate of drug-likeness (QED) is 0.791. The topological polar surface area (TPSA) is 65.0 Å². The zero-order chi connectivity index (χ0) is 20.5. The standard InChI is InChI=1S/C21H23ClN4O2S/c1-13-18(20(28)23-2)19(14-5-7-15(22)8-6-14)26-16(12-29-21(26)24-13)11-17(27)25-9-3-4-10-25/h5-8,12,19H,3-4,9-11H2,1-2H3,(H,23,28). The van der Waals surface area contributed by atoms with Crippen LogP contribution in [0, 0.1) is 0 Å². The van der Waals surface area contributed by atoms with Gasteiger partial charge in [-0.3, -0.25) is 9.59 Å². The summed E-state index contributed by atoms with van der Waals surface area (Å²) in [5, 5.41) is 6.14. The van der Waals surface area contributed by atoms with Gasteiger partial charge in [-0.25, -0.2) is 4.99 Å². The highest BCUT2D eigenvalue weighted by Crippen LogP contribution is 2.44. The van der Waals surface area contributed by atoms with Crippen molar-refractivity contribution in [1.29, 1.82) is 0 Å². The van der Waals surface area contributed by atoms with Crippen LogP contribution < -0.4 is 5.32 Å². The number of likely N-dealkylation sites (N-methyl/N-ethyl adjacent to an activating group) is 1. The number of rotatable bonds is 4. The summed E-state index contributed by atoms with van der Waals surface area (Å²) in [6, 6.07) is 7.14. The lowest BCUT2D eigenvalue weighted by molar-refractivity contribution is -0.129. The predicted octanol–water partition coefficient (Wildman–Crippen LogP) is 3.67. The first-order chi connectivity index (χ1) is 14.0. The molecule has 0 spiro atoms. The SMILES string of the molecule is CNC(=O)C1=C(C)N=C2SC=C(CC(=O)N3CCCC3)N2C1c1ccc(Cl)cc1. The van der Waals surface area contributed by atoms with Crippen LogP contribution in [0.25, 0.3) is 0 Å². The van der Waals surface area contributed by atoms with E-state index in [1.807, 2.05) is 46.4 Å². The molecule has 1 N–H and O–H groups in total. The van der Waals surface area contributed by atoms with Gasteiger partial charge in [-0.1, -0.05) is 35.5 Å². The number of likely N-dealkylation sites (tertiary alicyclic amines) is 1. The van der Waals surface area contributed by atoms with Crippen LogP contribution >= 0.6 is 23.4 Å². The minimum absolute atomic E-state index is 0.123. The Kier molecular flexibility index (Phi) is 5.69. The summed E-state index contributed by atoms with van der Waals surface area (Å²) in [5.74, 6) is -0.0504. The number of benzene rings is 1. The third-order valence-electron chi connectivity index (χ3n) is 5.45. The van der Waals surface area contributed by atoms with Gasteiger partial charge in [-0.05, 0) is 42.9 Å². The van der Waals surface area contributed by atoms with Crippen LogP contribution in [-0.2, 0) is 9.59 Å². The summed E-state index contributed by atoms with van der Waals surface area (Å²) in [7, 11) is 1.62. The Labute approximate surface area is 179 Å². The number of thioether (sulfide) groups is 1. The van der Waals surface area contributed by atoms with Crippen molar-refractivity contribution in [2.24, 2.45) is 4.99 Å². The molecule has 1 saturated heterocycles. The summed E-state index contributed by atoms with van der Waals surface area (Å²) < 4.78 is 0. The first-order valence-corrected chi connectivity index (χ1v) is 10.9. The summed E-state index contributed by atoms with van der Waals surface area (Å²) in [5.41, 5.74) is 3.07. The van der Waals surface area contributed by atoms with Gasteiger partial charge in [0.25, 0.3) is 5.91 Å².